The maximum Gasteiger partial charge on any atom is 0.119 e. The van der Waals surface area contributed by atoms with Crippen LogP contribution >= 0.6 is 0 Å². The standard InChI is InChI=1S/C22H30O2/c1-13(2)21(17-9-8-16(23)10-14(17)3)18-12-19(22(5,6)7)20(24)11-15(18)4/h8-13,21,23-24H,1-7H3. The lowest BCUT2D eigenvalue weighted by molar-refractivity contribution is 0.444. The highest BCUT2D eigenvalue weighted by Gasteiger charge is 2.26. The van der Waals surface area contributed by atoms with E-state index >= 15 is 0 Å². The summed E-state index contributed by atoms with van der Waals surface area (Å²) in [6.07, 6.45) is 0. The van der Waals surface area contributed by atoms with E-state index in [9.17, 15) is 10.2 Å². The smallest absolute Gasteiger partial charge is 0.119 e. The van der Waals surface area contributed by atoms with Crippen LogP contribution in [0.4, 0.5) is 0 Å². The third kappa shape index (κ3) is 3.58. The van der Waals surface area contributed by atoms with Gasteiger partial charge in [0.15, 0.2) is 0 Å². The molecule has 2 N–H and O–H groups in total. The van der Waals surface area contributed by atoms with E-state index in [2.05, 4.69) is 47.6 Å². The molecule has 0 heterocycles. The Morgan fingerprint density at radius 2 is 1.42 bits per heavy atom. The number of hydrogen-bond acceptors (Lipinski definition) is 2. The van der Waals surface area contributed by atoms with Gasteiger partial charge in [0.2, 0.25) is 0 Å². The highest BCUT2D eigenvalue weighted by molar-refractivity contribution is 5.50. The molecule has 0 radical (unpaired) electrons. The number of benzene rings is 2. The molecule has 24 heavy (non-hydrogen) atoms. The summed E-state index contributed by atoms with van der Waals surface area (Å²) < 4.78 is 0. The van der Waals surface area contributed by atoms with Crippen molar-refractivity contribution in [1.29, 1.82) is 0 Å². The number of phenolic OH excluding ortho intramolecular Hbond substituents is 2. The Labute approximate surface area is 146 Å². The molecule has 2 aromatic rings. The van der Waals surface area contributed by atoms with E-state index in [4.69, 9.17) is 0 Å². The third-order valence-electron chi connectivity index (χ3n) is 4.78. The molecular formula is C22H30O2. The molecule has 0 spiro atoms. The van der Waals surface area contributed by atoms with Crippen molar-refractivity contribution in [2.75, 3.05) is 0 Å². The van der Waals surface area contributed by atoms with Crippen molar-refractivity contribution in [2.45, 2.75) is 59.8 Å². The largest absolute Gasteiger partial charge is 0.508 e. The van der Waals surface area contributed by atoms with Crippen LogP contribution in [0.5, 0.6) is 11.5 Å². The highest BCUT2D eigenvalue weighted by atomic mass is 16.3. The Bertz CT molecular complexity index is 736. The van der Waals surface area contributed by atoms with E-state index in [1.165, 1.54) is 11.1 Å². The number of rotatable bonds is 3. The van der Waals surface area contributed by atoms with Crippen molar-refractivity contribution in [3.05, 3.63) is 58.1 Å². The summed E-state index contributed by atoms with van der Waals surface area (Å²) >= 11 is 0. The lowest BCUT2D eigenvalue weighted by atomic mass is 9.76. The van der Waals surface area contributed by atoms with Gasteiger partial charge in [-0.05, 0) is 71.2 Å². The molecule has 130 valence electrons. The topological polar surface area (TPSA) is 40.5 Å². The minimum absolute atomic E-state index is 0.113. The molecule has 0 saturated heterocycles. The van der Waals surface area contributed by atoms with E-state index in [0.29, 0.717) is 17.4 Å². The van der Waals surface area contributed by atoms with Crippen LogP contribution in [0.15, 0.2) is 30.3 Å². The first-order chi connectivity index (χ1) is 11.0. The summed E-state index contributed by atoms with van der Waals surface area (Å²) in [7, 11) is 0. The van der Waals surface area contributed by atoms with Gasteiger partial charge in [-0.25, -0.2) is 0 Å². The minimum atomic E-state index is -0.113. The van der Waals surface area contributed by atoms with Crippen molar-refractivity contribution in [3.8, 4) is 11.5 Å². The van der Waals surface area contributed by atoms with Gasteiger partial charge in [0.25, 0.3) is 0 Å². The molecule has 1 unspecified atom stereocenters. The van der Waals surface area contributed by atoms with Crippen LogP contribution in [0, 0.1) is 19.8 Å². The average Bonchev–Trinajstić information content (AvgIpc) is 2.41. The molecule has 0 aliphatic heterocycles. The van der Waals surface area contributed by atoms with Crippen LogP contribution in [0.2, 0.25) is 0 Å². The number of aromatic hydroxyl groups is 2. The van der Waals surface area contributed by atoms with Crippen molar-refractivity contribution in [2.24, 2.45) is 5.92 Å². The van der Waals surface area contributed by atoms with Crippen LogP contribution < -0.4 is 0 Å². The third-order valence-corrected chi connectivity index (χ3v) is 4.78. The number of hydrogen-bond donors (Lipinski definition) is 2. The van der Waals surface area contributed by atoms with Gasteiger partial charge in [-0.15, -0.1) is 0 Å². The second kappa shape index (κ2) is 6.51. The summed E-state index contributed by atoms with van der Waals surface area (Å²) in [5.74, 6) is 1.31. The molecule has 2 rings (SSSR count). The number of aryl methyl sites for hydroxylation is 2. The minimum Gasteiger partial charge on any atom is -0.508 e. The summed E-state index contributed by atoms with van der Waals surface area (Å²) in [6.45, 7) is 14.9. The van der Waals surface area contributed by atoms with Crippen molar-refractivity contribution >= 4 is 0 Å². The fourth-order valence-electron chi connectivity index (χ4n) is 3.54. The molecule has 1 atom stereocenters. The monoisotopic (exact) mass is 326 g/mol. The molecule has 2 heteroatoms. The Hall–Kier alpha value is -1.96. The molecule has 0 fully saturated rings. The zero-order valence-electron chi connectivity index (χ0n) is 15.9. The molecular weight excluding hydrogens is 296 g/mol. The summed E-state index contributed by atoms with van der Waals surface area (Å²) in [4.78, 5) is 0. The highest BCUT2D eigenvalue weighted by Crippen LogP contribution is 2.41. The SMILES string of the molecule is Cc1cc(O)ccc1C(c1cc(C(C)(C)C)c(O)cc1C)C(C)C. The lowest BCUT2D eigenvalue weighted by Crippen LogP contribution is -2.16. The summed E-state index contributed by atoms with van der Waals surface area (Å²) in [6, 6.07) is 9.67. The van der Waals surface area contributed by atoms with E-state index < -0.39 is 0 Å². The second-order valence-electron chi connectivity index (χ2n) is 8.24. The van der Waals surface area contributed by atoms with E-state index in [1.54, 1.807) is 6.07 Å². The fraction of sp³-hybridized carbons (Fsp3) is 0.455. The fourth-order valence-corrected chi connectivity index (χ4v) is 3.54. The maximum absolute atomic E-state index is 10.4. The Morgan fingerprint density at radius 3 is 1.92 bits per heavy atom. The zero-order valence-corrected chi connectivity index (χ0v) is 15.9. The van der Waals surface area contributed by atoms with Crippen LogP contribution in [0.3, 0.4) is 0 Å². The molecule has 2 nitrogen and oxygen atoms in total. The first kappa shape index (κ1) is 18.4. The predicted octanol–water partition coefficient (Wildman–Crippen LogP) is 5.80. The Kier molecular flexibility index (Phi) is 4.98. The first-order valence-corrected chi connectivity index (χ1v) is 8.66. The summed E-state index contributed by atoms with van der Waals surface area (Å²) in [5, 5.41) is 20.1. The zero-order chi connectivity index (χ0) is 18.2. The van der Waals surface area contributed by atoms with E-state index in [-0.39, 0.29) is 11.3 Å². The second-order valence-corrected chi connectivity index (χ2v) is 8.24. The van der Waals surface area contributed by atoms with Gasteiger partial charge in [-0.2, -0.15) is 0 Å². The van der Waals surface area contributed by atoms with Gasteiger partial charge in [0.1, 0.15) is 11.5 Å². The molecule has 0 aliphatic carbocycles. The van der Waals surface area contributed by atoms with Gasteiger partial charge in [-0.1, -0.05) is 46.8 Å². The predicted molar refractivity (Wildman–Crippen MR) is 101 cm³/mol. The normalized spacial score (nSPS) is 13.3. The maximum atomic E-state index is 10.4. The molecule has 0 saturated carbocycles. The van der Waals surface area contributed by atoms with Gasteiger partial charge in [0, 0.05) is 5.92 Å². The van der Waals surface area contributed by atoms with Crippen LogP contribution in [0.1, 0.15) is 68.4 Å². The van der Waals surface area contributed by atoms with Crippen LogP contribution in [-0.4, -0.2) is 10.2 Å². The van der Waals surface area contributed by atoms with E-state index in [0.717, 1.165) is 16.7 Å². The quantitative estimate of drug-likeness (QED) is 0.748. The molecule has 0 aromatic heterocycles. The Morgan fingerprint density at radius 1 is 0.833 bits per heavy atom. The molecule has 0 bridgehead atoms. The molecule has 2 aromatic carbocycles. The average molecular weight is 326 g/mol. The molecule has 0 aliphatic rings. The van der Waals surface area contributed by atoms with Gasteiger partial charge in [0.05, 0.1) is 0 Å². The first-order valence-electron chi connectivity index (χ1n) is 8.66. The summed E-state index contributed by atoms with van der Waals surface area (Å²) in [5.41, 5.74) is 5.55. The van der Waals surface area contributed by atoms with Crippen molar-refractivity contribution < 1.29 is 10.2 Å². The lowest BCUT2D eigenvalue weighted by Gasteiger charge is -2.29. The van der Waals surface area contributed by atoms with E-state index in [1.807, 2.05) is 25.1 Å². The van der Waals surface area contributed by atoms with Crippen molar-refractivity contribution in [3.63, 3.8) is 0 Å². The van der Waals surface area contributed by atoms with Gasteiger partial charge < -0.3 is 10.2 Å². The Balaban J connectivity index is 2.69. The van der Waals surface area contributed by atoms with Crippen LogP contribution in [0.25, 0.3) is 0 Å². The van der Waals surface area contributed by atoms with Gasteiger partial charge in [-0.3, -0.25) is 0 Å². The number of phenols is 2. The van der Waals surface area contributed by atoms with Crippen LogP contribution in [-0.2, 0) is 5.41 Å². The molecule has 0 amide bonds. The van der Waals surface area contributed by atoms with Crippen molar-refractivity contribution in [1.82, 2.24) is 0 Å². The van der Waals surface area contributed by atoms with Gasteiger partial charge >= 0.3 is 0 Å².